The van der Waals surface area contributed by atoms with Crippen molar-refractivity contribution in [1.29, 1.82) is 5.26 Å². The van der Waals surface area contributed by atoms with Crippen molar-refractivity contribution in [1.82, 2.24) is 4.31 Å². The number of aliphatic hydroxyl groups is 1. The second-order valence-corrected chi connectivity index (χ2v) is 7.56. The Kier molecular flexibility index (Phi) is 4.37. The minimum Gasteiger partial charge on any atom is -0.392 e. The molecule has 0 unspecified atom stereocenters. The Morgan fingerprint density at radius 3 is 2.58 bits per heavy atom. The summed E-state index contributed by atoms with van der Waals surface area (Å²) in [7, 11) is -3.88. The highest BCUT2D eigenvalue weighted by molar-refractivity contribution is 7.89. The highest BCUT2D eigenvalue weighted by Crippen LogP contribution is 2.36. The van der Waals surface area contributed by atoms with E-state index in [1.54, 1.807) is 0 Å². The van der Waals surface area contributed by atoms with Gasteiger partial charge in [0.2, 0.25) is 10.0 Å². The molecule has 0 spiro atoms. The molecule has 5 nitrogen and oxygen atoms in total. The van der Waals surface area contributed by atoms with Crippen LogP contribution in [0.25, 0.3) is 0 Å². The van der Waals surface area contributed by atoms with E-state index in [-0.39, 0.29) is 23.4 Å². The second-order valence-electron chi connectivity index (χ2n) is 5.67. The topological polar surface area (TPSA) is 81.4 Å². The largest absolute Gasteiger partial charge is 0.392 e. The maximum absolute atomic E-state index is 13.1. The summed E-state index contributed by atoms with van der Waals surface area (Å²) in [4.78, 5) is 0.00256. The molecule has 0 bridgehead atoms. The van der Waals surface area contributed by atoms with Gasteiger partial charge in [-0.3, -0.25) is 0 Å². The lowest BCUT2D eigenvalue weighted by Gasteiger charge is -2.24. The van der Waals surface area contributed by atoms with Crippen molar-refractivity contribution in [2.75, 3.05) is 6.54 Å². The number of benzene rings is 2. The zero-order valence-corrected chi connectivity index (χ0v) is 13.4. The average Bonchev–Trinajstić information content (AvgIpc) is 2.98. The third kappa shape index (κ3) is 3.04. The first-order chi connectivity index (χ1) is 11.4. The molecule has 1 N–H and O–H groups in total. The maximum Gasteiger partial charge on any atom is 0.243 e. The molecule has 7 heteroatoms. The third-order valence-electron chi connectivity index (χ3n) is 4.06. The van der Waals surface area contributed by atoms with Crippen LogP contribution in [-0.2, 0) is 10.0 Å². The van der Waals surface area contributed by atoms with Crippen molar-refractivity contribution < 1.29 is 17.9 Å². The SMILES string of the molecule is N#Cc1cccc(S(=O)(=O)N2C[C@H](O)C[C@H]2c2ccc(F)cc2)c1. The van der Waals surface area contributed by atoms with Gasteiger partial charge in [0.05, 0.1) is 28.7 Å². The van der Waals surface area contributed by atoms with Crippen LogP contribution in [0.5, 0.6) is 0 Å². The van der Waals surface area contributed by atoms with E-state index in [1.807, 2.05) is 6.07 Å². The molecule has 0 aromatic heterocycles. The predicted molar refractivity (Wildman–Crippen MR) is 84.8 cm³/mol. The van der Waals surface area contributed by atoms with Gasteiger partial charge in [0.25, 0.3) is 0 Å². The van der Waals surface area contributed by atoms with Gasteiger partial charge in [0, 0.05) is 6.54 Å². The van der Waals surface area contributed by atoms with Crippen molar-refractivity contribution in [3.63, 3.8) is 0 Å². The van der Waals surface area contributed by atoms with Crippen LogP contribution in [0.3, 0.4) is 0 Å². The Morgan fingerprint density at radius 2 is 1.92 bits per heavy atom. The van der Waals surface area contributed by atoms with Gasteiger partial charge < -0.3 is 5.11 Å². The smallest absolute Gasteiger partial charge is 0.243 e. The fourth-order valence-corrected chi connectivity index (χ4v) is 4.61. The van der Waals surface area contributed by atoms with Crippen LogP contribution in [-0.4, -0.2) is 30.5 Å². The van der Waals surface area contributed by atoms with Crippen molar-refractivity contribution >= 4 is 10.0 Å². The molecule has 124 valence electrons. The normalized spacial score (nSPS) is 21.5. The molecule has 3 rings (SSSR count). The van der Waals surface area contributed by atoms with Crippen molar-refractivity contribution in [2.45, 2.75) is 23.5 Å². The summed E-state index contributed by atoms with van der Waals surface area (Å²) in [6.45, 7) is -0.0405. The summed E-state index contributed by atoms with van der Waals surface area (Å²) in [5.41, 5.74) is 0.863. The number of halogens is 1. The summed E-state index contributed by atoms with van der Waals surface area (Å²) in [6.07, 6.45) is -0.558. The van der Waals surface area contributed by atoms with Crippen LogP contribution in [0.2, 0.25) is 0 Å². The summed E-state index contributed by atoms with van der Waals surface area (Å²) >= 11 is 0. The molecule has 2 atom stereocenters. The lowest BCUT2D eigenvalue weighted by molar-refractivity contribution is 0.188. The van der Waals surface area contributed by atoms with Gasteiger partial charge in [0.1, 0.15) is 5.82 Å². The Labute approximate surface area is 139 Å². The van der Waals surface area contributed by atoms with E-state index < -0.39 is 28.0 Å². The zero-order valence-electron chi connectivity index (χ0n) is 12.6. The number of aliphatic hydroxyl groups excluding tert-OH is 1. The molecule has 2 aromatic carbocycles. The monoisotopic (exact) mass is 346 g/mol. The highest BCUT2D eigenvalue weighted by atomic mass is 32.2. The average molecular weight is 346 g/mol. The molecule has 1 fully saturated rings. The number of hydrogen-bond donors (Lipinski definition) is 1. The molecule has 1 aliphatic heterocycles. The van der Waals surface area contributed by atoms with Gasteiger partial charge in [0.15, 0.2) is 0 Å². The Hall–Kier alpha value is -2.27. The molecule has 0 amide bonds. The van der Waals surface area contributed by atoms with Gasteiger partial charge in [-0.25, -0.2) is 12.8 Å². The maximum atomic E-state index is 13.1. The van der Waals surface area contributed by atoms with Gasteiger partial charge >= 0.3 is 0 Å². The Balaban J connectivity index is 2.01. The minimum atomic E-state index is -3.88. The van der Waals surface area contributed by atoms with Crippen molar-refractivity contribution in [2.24, 2.45) is 0 Å². The first-order valence-corrected chi connectivity index (χ1v) is 8.81. The van der Waals surface area contributed by atoms with Crippen LogP contribution in [0.15, 0.2) is 53.4 Å². The van der Waals surface area contributed by atoms with E-state index >= 15 is 0 Å². The van der Waals surface area contributed by atoms with E-state index in [0.717, 1.165) is 0 Å². The molecule has 24 heavy (non-hydrogen) atoms. The summed E-state index contributed by atoms with van der Waals surface area (Å²) in [6, 6.07) is 12.7. The molecule has 1 saturated heterocycles. The van der Waals surface area contributed by atoms with E-state index in [4.69, 9.17) is 5.26 Å². The van der Waals surface area contributed by atoms with Crippen LogP contribution in [0.1, 0.15) is 23.6 Å². The fourth-order valence-electron chi connectivity index (χ4n) is 2.90. The lowest BCUT2D eigenvalue weighted by Crippen LogP contribution is -2.32. The fraction of sp³-hybridized carbons (Fsp3) is 0.235. The first-order valence-electron chi connectivity index (χ1n) is 7.37. The van der Waals surface area contributed by atoms with Crippen LogP contribution >= 0.6 is 0 Å². The summed E-state index contributed by atoms with van der Waals surface area (Å²) in [5.74, 6) is -0.409. The molecule has 1 aliphatic rings. The van der Waals surface area contributed by atoms with Gasteiger partial charge in [-0.1, -0.05) is 18.2 Å². The van der Waals surface area contributed by atoms with Crippen LogP contribution in [0, 0.1) is 17.1 Å². The Morgan fingerprint density at radius 1 is 1.21 bits per heavy atom. The quantitative estimate of drug-likeness (QED) is 0.924. The molecule has 0 saturated carbocycles. The van der Waals surface area contributed by atoms with Crippen LogP contribution < -0.4 is 0 Å². The van der Waals surface area contributed by atoms with Crippen molar-refractivity contribution in [3.8, 4) is 6.07 Å². The number of hydrogen-bond acceptors (Lipinski definition) is 4. The molecular formula is C17H15FN2O3S. The zero-order chi connectivity index (χ0) is 17.3. The van der Waals surface area contributed by atoms with E-state index in [9.17, 15) is 17.9 Å². The third-order valence-corrected chi connectivity index (χ3v) is 5.93. The predicted octanol–water partition coefficient (Wildman–Crippen LogP) is 2.19. The van der Waals surface area contributed by atoms with E-state index in [1.165, 1.54) is 52.8 Å². The molecule has 0 radical (unpaired) electrons. The standard InChI is InChI=1S/C17H15FN2O3S/c18-14-6-4-13(5-7-14)17-9-15(21)11-20(17)24(22,23)16-3-1-2-12(8-16)10-19/h1-8,15,17,21H,9,11H2/t15-,17+/m1/s1. The highest BCUT2D eigenvalue weighted by Gasteiger charge is 2.40. The van der Waals surface area contributed by atoms with Crippen molar-refractivity contribution in [3.05, 3.63) is 65.5 Å². The summed E-state index contributed by atoms with van der Waals surface area (Å²) in [5, 5.41) is 18.9. The number of nitrogens with zero attached hydrogens (tertiary/aromatic N) is 2. The Bertz CT molecular complexity index is 891. The second kappa shape index (κ2) is 6.32. The van der Waals surface area contributed by atoms with Crippen LogP contribution in [0.4, 0.5) is 4.39 Å². The number of sulfonamides is 1. The molecule has 0 aliphatic carbocycles. The minimum absolute atomic E-state index is 0.00256. The van der Waals surface area contributed by atoms with E-state index in [2.05, 4.69) is 0 Å². The molecule has 1 heterocycles. The number of rotatable bonds is 3. The van der Waals surface area contributed by atoms with Gasteiger partial charge in [-0.05, 0) is 42.3 Å². The lowest BCUT2D eigenvalue weighted by atomic mass is 10.0. The van der Waals surface area contributed by atoms with Gasteiger partial charge in [-0.2, -0.15) is 9.57 Å². The van der Waals surface area contributed by atoms with E-state index in [0.29, 0.717) is 5.56 Å². The number of nitriles is 1. The first kappa shape index (κ1) is 16.6. The molecule has 2 aromatic rings. The van der Waals surface area contributed by atoms with Gasteiger partial charge in [-0.15, -0.1) is 0 Å². The summed E-state index contributed by atoms with van der Waals surface area (Å²) < 4.78 is 40.2. The number of β-amino-alcohol motifs (C(OH)–C–C–N with tert-alkyl or cyclic N) is 1. The molecular weight excluding hydrogens is 331 g/mol.